The minimum atomic E-state index is -0.384. The Morgan fingerprint density at radius 1 is 1.32 bits per heavy atom. The van der Waals surface area contributed by atoms with Crippen molar-refractivity contribution < 1.29 is 14.3 Å². The lowest BCUT2D eigenvalue weighted by molar-refractivity contribution is -0.117. The van der Waals surface area contributed by atoms with Crippen molar-refractivity contribution >= 4 is 12.0 Å². The van der Waals surface area contributed by atoms with E-state index in [1.54, 1.807) is 6.08 Å². The molecule has 1 aromatic rings. The predicted molar refractivity (Wildman–Crippen MR) is 85.3 cm³/mol. The van der Waals surface area contributed by atoms with Crippen molar-refractivity contribution in [2.45, 2.75) is 20.3 Å². The number of nitrogens with zero attached hydrogens (tertiary/aromatic N) is 1. The van der Waals surface area contributed by atoms with Crippen LogP contribution >= 0.6 is 0 Å². The van der Waals surface area contributed by atoms with Crippen molar-refractivity contribution in [3.05, 3.63) is 35.4 Å². The smallest absolute Gasteiger partial charge is 0.261 e. The summed E-state index contributed by atoms with van der Waals surface area (Å²) in [6.07, 6.45) is 2.26. The van der Waals surface area contributed by atoms with Gasteiger partial charge in [0.1, 0.15) is 17.4 Å². The summed E-state index contributed by atoms with van der Waals surface area (Å²) in [4.78, 5) is 12.0. The van der Waals surface area contributed by atoms with E-state index in [4.69, 9.17) is 9.47 Å². The van der Waals surface area contributed by atoms with Crippen molar-refractivity contribution in [1.29, 1.82) is 5.26 Å². The highest BCUT2D eigenvalue weighted by Crippen LogP contribution is 2.20. The molecule has 0 aliphatic carbocycles. The number of amides is 1. The van der Waals surface area contributed by atoms with Crippen LogP contribution in [0, 0.1) is 11.3 Å². The van der Waals surface area contributed by atoms with Gasteiger partial charge in [-0.1, -0.05) is 18.2 Å². The molecule has 118 valence electrons. The highest BCUT2D eigenvalue weighted by molar-refractivity contribution is 6.01. The molecule has 0 spiro atoms. The summed E-state index contributed by atoms with van der Waals surface area (Å²) in [5.41, 5.74) is 0.772. The molecule has 1 aromatic carbocycles. The Labute approximate surface area is 131 Å². The molecule has 1 amide bonds. The fraction of sp³-hybridized carbons (Fsp3) is 0.412. The first-order valence-corrected chi connectivity index (χ1v) is 7.42. The minimum Gasteiger partial charge on any atom is -0.493 e. The Morgan fingerprint density at radius 3 is 2.77 bits per heavy atom. The molecule has 1 N–H and O–H groups in total. The summed E-state index contributed by atoms with van der Waals surface area (Å²) in [5.74, 6) is 0.271. The van der Waals surface area contributed by atoms with Gasteiger partial charge in [-0.25, -0.2) is 0 Å². The fourth-order valence-electron chi connectivity index (χ4n) is 1.81. The summed E-state index contributed by atoms with van der Waals surface area (Å²) < 4.78 is 10.7. The third kappa shape index (κ3) is 5.98. The van der Waals surface area contributed by atoms with Crippen LogP contribution in [0.1, 0.15) is 25.8 Å². The van der Waals surface area contributed by atoms with E-state index >= 15 is 0 Å². The maximum absolute atomic E-state index is 12.0. The van der Waals surface area contributed by atoms with Crippen LogP contribution in [0.5, 0.6) is 5.75 Å². The summed E-state index contributed by atoms with van der Waals surface area (Å²) in [6, 6.07) is 9.24. The van der Waals surface area contributed by atoms with Crippen molar-refractivity contribution in [1.82, 2.24) is 5.32 Å². The lowest BCUT2D eigenvalue weighted by atomic mass is 10.1. The normalized spacial score (nSPS) is 10.9. The molecule has 1 rings (SSSR count). The van der Waals surface area contributed by atoms with Gasteiger partial charge in [-0.15, -0.1) is 0 Å². The van der Waals surface area contributed by atoms with E-state index < -0.39 is 0 Å². The van der Waals surface area contributed by atoms with E-state index in [9.17, 15) is 10.1 Å². The molecule has 22 heavy (non-hydrogen) atoms. The highest BCUT2D eigenvalue weighted by Gasteiger charge is 2.10. The van der Waals surface area contributed by atoms with Gasteiger partial charge in [-0.3, -0.25) is 4.79 Å². The van der Waals surface area contributed by atoms with Crippen molar-refractivity contribution in [2.24, 2.45) is 0 Å². The predicted octanol–water partition coefficient (Wildman–Crippen LogP) is 2.54. The summed E-state index contributed by atoms with van der Waals surface area (Å²) in [7, 11) is 0. The molecule has 0 heterocycles. The van der Waals surface area contributed by atoms with Crippen LogP contribution in [0.15, 0.2) is 29.8 Å². The first-order chi connectivity index (χ1) is 10.7. The quantitative estimate of drug-likeness (QED) is 0.432. The van der Waals surface area contributed by atoms with Gasteiger partial charge >= 0.3 is 0 Å². The molecular weight excluding hydrogens is 280 g/mol. The van der Waals surface area contributed by atoms with Crippen molar-refractivity contribution in [2.75, 3.05) is 26.4 Å². The minimum absolute atomic E-state index is 0.0589. The van der Waals surface area contributed by atoms with Gasteiger partial charge < -0.3 is 14.8 Å². The number of hydrogen-bond donors (Lipinski definition) is 1. The summed E-state index contributed by atoms with van der Waals surface area (Å²) in [5, 5.41) is 11.9. The molecule has 0 atom stereocenters. The number of nitrogens with one attached hydrogen (secondary N) is 1. The monoisotopic (exact) mass is 302 g/mol. The van der Waals surface area contributed by atoms with Crippen LogP contribution in [0.4, 0.5) is 0 Å². The zero-order valence-electron chi connectivity index (χ0n) is 13.1. The number of nitriles is 1. The molecule has 5 nitrogen and oxygen atoms in total. The average Bonchev–Trinajstić information content (AvgIpc) is 2.54. The first-order valence-electron chi connectivity index (χ1n) is 7.42. The zero-order chi connectivity index (χ0) is 16.2. The standard InChI is InChI=1S/C17H22N2O3/c1-3-21-11-7-10-19-17(20)15(13-18)12-14-8-5-6-9-16(14)22-4-2/h5-6,8-9,12H,3-4,7,10-11H2,1-2H3,(H,19,20)/b15-12+. The second-order valence-corrected chi connectivity index (χ2v) is 4.45. The second-order valence-electron chi connectivity index (χ2n) is 4.45. The molecule has 0 aliphatic rings. The Morgan fingerprint density at radius 2 is 2.09 bits per heavy atom. The molecule has 0 radical (unpaired) electrons. The highest BCUT2D eigenvalue weighted by atomic mass is 16.5. The molecule has 0 unspecified atom stereocenters. The number of para-hydroxylation sites is 1. The number of carbonyl (C=O) groups is 1. The van der Waals surface area contributed by atoms with E-state index in [0.29, 0.717) is 44.1 Å². The maximum Gasteiger partial charge on any atom is 0.261 e. The lowest BCUT2D eigenvalue weighted by Crippen LogP contribution is -2.26. The first kappa shape index (κ1) is 17.7. The van der Waals surface area contributed by atoms with Crippen molar-refractivity contribution in [3.63, 3.8) is 0 Å². The van der Waals surface area contributed by atoms with Crippen molar-refractivity contribution in [3.8, 4) is 11.8 Å². The van der Waals surface area contributed by atoms with E-state index in [1.807, 2.05) is 44.2 Å². The molecule has 0 fully saturated rings. The van der Waals surface area contributed by atoms with Gasteiger partial charge in [0.25, 0.3) is 5.91 Å². The Hall–Kier alpha value is -2.32. The fourth-order valence-corrected chi connectivity index (χ4v) is 1.81. The molecule has 0 aliphatic heterocycles. The Balaban J connectivity index is 2.70. The third-order valence-electron chi connectivity index (χ3n) is 2.84. The van der Waals surface area contributed by atoms with Crippen LogP contribution in [-0.4, -0.2) is 32.3 Å². The van der Waals surface area contributed by atoms with E-state index in [2.05, 4.69) is 5.32 Å². The van der Waals surface area contributed by atoms with Gasteiger partial charge in [-0.05, 0) is 32.4 Å². The van der Waals surface area contributed by atoms with Gasteiger partial charge in [0.05, 0.1) is 6.61 Å². The van der Waals surface area contributed by atoms with Crippen LogP contribution in [0.2, 0.25) is 0 Å². The lowest BCUT2D eigenvalue weighted by Gasteiger charge is -2.08. The SMILES string of the molecule is CCOCCCNC(=O)/C(C#N)=C/c1ccccc1OCC. The van der Waals surface area contributed by atoms with E-state index in [1.165, 1.54) is 0 Å². The van der Waals surface area contributed by atoms with Gasteiger partial charge in [0, 0.05) is 25.3 Å². The topological polar surface area (TPSA) is 71.3 Å². The Bertz CT molecular complexity index is 547. The van der Waals surface area contributed by atoms with Crippen LogP contribution in [-0.2, 0) is 9.53 Å². The molecule has 5 heteroatoms. The number of benzene rings is 1. The average molecular weight is 302 g/mol. The largest absolute Gasteiger partial charge is 0.493 e. The van der Waals surface area contributed by atoms with Crippen LogP contribution in [0.25, 0.3) is 6.08 Å². The number of carbonyl (C=O) groups excluding carboxylic acids is 1. The number of rotatable bonds is 9. The molecule has 0 aromatic heterocycles. The summed E-state index contributed by atoms with van der Waals surface area (Å²) in [6.45, 7) is 6.06. The van der Waals surface area contributed by atoms with Crippen LogP contribution < -0.4 is 10.1 Å². The molecule has 0 saturated heterocycles. The molecule has 0 bridgehead atoms. The maximum atomic E-state index is 12.0. The molecular formula is C17H22N2O3. The van der Waals surface area contributed by atoms with Gasteiger partial charge in [0.15, 0.2) is 0 Å². The van der Waals surface area contributed by atoms with E-state index in [-0.39, 0.29) is 11.5 Å². The Kier molecular flexibility index (Phi) is 8.39. The zero-order valence-corrected chi connectivity index (χ0v) is 13.1. The van der Waals surface area contributed by atoms with Gasteiger partial charge in [-0.2, -0.15) is 5.26 Å². The van der Waals surface area contributed by atoms with E-state index in [0.717, 1.165) is 0 Å². The molecule has 0 saturated carbocycles. The summed E-state index contributed by atoms with van der Waals surface area (Å²) >= 11 is 0. The second kappa shape index (κ2) is 10.4. The number of ether oxygens (including phenoxy) is 2. The third-order valence-corrected chi connectivity index (χ3v) is 2.84. The van der Waals surface area contributed by atoms with Crippen LogP contribution in [0.3, 0.4) is 0 Å². The van der Waals surface area contributed by atoms with Gasteiger partial charge in [0.2, 0.25) is 0 Å². The number of hydrogen-bond acceptors (Lipinski definition) is 4.